The smallest absolute Gasteiger partial charge is 0.147 e. The van der Waals surface area contributed by atoms with E-state index in [4.69, 9.17) is 4.74 Å². The van der Waals surface area contributed by atoms with Crippen LogP contribution in [0, 0.1) is 0 Å². The number of hydrogen-bond donors (Lipinski definition) is 2. The van der Waals surface area contributed by atoms with Crippen LogP contribution in [-0.2, 0) is 0 Å². The van der Waals surface area contributed by atoms with E-state index in [1.165, 1.54) is 27.1 Å². The van der Waals surface area contributed by atoms with Gasteiger partial charge in [-0.05, 0) is 36.4 Å². The first-order chi connectivity index (χ1) is 17.3. The summed E-state index contributed by atoms with van der Waals surface area (Å²) < 4.78 is 6.19. The van der Waals surface area contributed by atoms with Crippen molar-refractivity contribution in [2.45, 2.75) is 0 Å². The molecule has 0 spiro atoms. The lowest BCUT2D eigenvalue weighted by atomic mass is 10.1. The van der Waals surface area contributed by atoms with E-state index in [9.17, 15) is 0 Å². The van der Waals surface area contributed by atoms with Gasteiger partial charge in [0, 0.05) is 88.7 Å². The second kappa shape index (κ2) is 8.29. The average molecular weight is 463 g/mol. The fourth-order valence-corrected chi connectivity index (χ4v) is 5.26. The Balaban J connectivity index is 1.07. The zero-order chi connectivity index (χ0) is 23.2. The number of piperazine rings is 1. The van der Waals surface area contributed by atoms with Gasteiger partial charge in [-0.15, -0.1) is 0 Å². The lowest BCUT2D eigenvalue weighted by Gasteiger charge is -2.35. The molecule has 1 aliphatic rings. The van der Waals surface area contributed by atoms with Crippen LogP contribution < -0.4 is 9.64 Å². The lowest BCUT2D eigenvalue weighted by Crippen LogP contribution is -2.47. The summed E-state index contributed by atoms with van der Waals surface area (Å²) in [6.07, 6.45) is 5.31. The Kier molecular flexibility index (Phi) is 4.80. The van der Waals surface area contributed by atoms with Crippen molar-refractivity contribution in [3.05, 3.63) is 73.2 Å². The molecule has 0 radical (unpaired) electrons. The van der Waals surface area contributed by atoms with Crippen LogP contribution in [0.2, 0.25) is 0 Å². The maximum Gasteiger partial charge on any atom is 0.147 e. The number of aromatic nitrogens is 4. The van der Waals surface area contributed by atoms with Gasteiger partial charge in [-0.25, -0.2) is 4.98 Å². The molecule has 1 aliphatic heterocycles. The molecule has 0 bridgehead atoms. The van der Waals surface area contributed by atoms with Crippen LogP contribution in [0.5, 0.6) is 5.75 Å². The number of nitrogens with zero attached hydrogens (tertiary/aromatic N) is 4. The molecule has 7 rings (SSSR count). The van der Waals surface area contributed by atoms with E-state index in [0.717, 1.165) is 60.8 Å². The number of para-hydroxylation sites is 1. The summed E-state index contributed by atoms with van der Waals surface area (Å²) in [5.41, 5.74) is 4.59. The number of ether oxygens (including phenoxy) is 1. The van der Waals surface area contributed by atoms with Gasteiger partial charge in [0.25, 0.3) is 0 Å². The third-order valence-corrected chi connectivity index (χ3v) is 7.12. The van der Waals surface area contributed by atoms with Crippen LogP contribution in [0.15, 0.2) is 73.2 Å². The molecule has 6 aromatic rings. The van der Waals surface area contributed by atoms with Gasteiger partial charge >= 0.3 is 0 Å². The molecule has 0 atom stereocenters. The Bertz CT molecular complexity index is 1650. The number of rotatable bonds is 5. The molecule has 7 nitrogen and oxygen atoms in total. The number of anilines is 1. The summed E-state index contributed by atoms with van der Waals surface area (Å²) in [5, 5.41) is 4.93. The summed E-state index contributed by atoms with van der Waals surface area (Å²) in [5.74, 6) is 1.87. The van der Waals surface area contributed by atoms with Crippen LogP contribution in [0.3, 0.4) is 0 Å². The van der Waals surface area contributed by atoms with Gasteiger partial charge in [-0.1, -0.05) is 18.2 Å². The van der Waals surface area contributed by atoms with Crippen LogP contribution in [0.25, 0.3) is 43.6 Å². The third kappa shape index (κ3) is 3.65. The molecule has 4 heterocycles. The molecule has 3 aromatic heterocycles. The average Bonchev–Trinajstić information content (AvgIpc) is 3.45. The second-order valence-electron chi connectivity index (χ2n) is 9.19. The molecule has 0 amide bonds. The standard InChI is InChI=1S/C28H26N6O/c1-2-4-24-20(3-1)22-16-23-21-15-19(5-6-25(21)32-27(23)17-26(22)31-24)35-14-13-33-9-11-34(12-10-33)28-18-29-7-8-30-28/h1-8,15-18,31-32H,9-14H2. The topological polar surface area (TPSA) is 73.1 Å². The third-order valence-electron chi connectivity index (χ3n) is 7.12. The SMILES string of the molecule is c1ccc2c(c1)[nH]c1cc3[nH]c4ccc(OCCN5CCN(c6cnccn6)CC5)cc4c3cc12. The van der Waals surface area contributed by atoms with E-state index in [1.54, 1.807) is 12.4 Å². The normalized spacial score (nSPS) is 15.0. The maximum atomic E-state index is 6.19. The summed E-state index contributed by atoms with van der Waals surface area (Å²) >= 11 is 0. The van der Waals surface area contributed by atoms with Crippen molar-refractivity contribution in [2.24, 2.45) is 0 Å². The van der Waals surface area contributed by atoms with Gasteiger partial charge in [0.2, 0.25) is 0 Å². The number of H-pyrrole nitrogens is 2. The fraction of sp³-hybridized carbons (Fsp3) is 0.214. The minimum Gasteiger partial charge on any atom is -0.492 e. The molecule has 1 fully saturated rings. The van der Waals surface area contributed by atoms with Crippen molar-refractivity contribution >= 4 is 49.4 Å². The highest BCUT2D eigenvalue weighted by Gasteiger charge is 2.18. The highest BCUT2D eigenvalue weighted by Crippen LogP contribution is 2.34. The molecule has 0 aliphatic carbocycles. The highest BCUT2D eigenvalue weighted by atomic mass is 16.5. The van der Waals surface area contributed by atoms with E-state index in [0.29, 0.717) is 6.61 Å². The largest absolute Gasteiger partial charge is 0.492 e. The lowest BCUT2D eigenvalue weighted by molar-refractivity contribution is 0.200. The summed E-state index contributed by atoms with van der Waals surface area (Å²) in [6.45, 7) is 5.51. The zero-order valence-corrected chi connectivity index (χ0v) is 19.4. The second-order valence-corrected chi connectivity index (χ2v) is 9.19. The van der Waals surface area contributed by atoms with Gasteiger partial charge < -0.3 is 19.6 Å². The Labute approximate surface area is 202 Å². The molecular weight excluding hydrogens is 436 g/mol. The van der Waals surface area contributed by atoms with Crippen LogP contribution >= 0.6 is 0 Å². The van der Waals surface area contributed by atoms with Gasteiger partial charge in [0.05, 0.1) is 6.20 Å². The Morgan fingerprint density at radius 1 is 0.743 bits per heavy atom. The van der Waals surface area contributed by atoms with Crippen LogP contribution in [-0.4, -0.2) is 64.2 Å². The van der Waals surface area contributed by atoms with Gasteiger partial charge in [-0.2, -0.15) is 0 Å². The molecule has 0 saturated carbocycles. The summed E-state index contributed by atoms with van der Waals surface area (Å²) in [7, 11) is 0. The predicted octanol–water partition coefficient (Wildman–Crippen LogP) is 4.95. The number of hydrogen-bond acceptors (Lipinski definition) is 5. The molecule has 2 N–H and O–H groups in total. The molecule has 0 unspecified atom stereocenters. The number of fused-ring (bicyclic) bond motifs is 6. The first kappa shape index (κ1) is 20.3. The molecule has 1 saturated heterocycles. The quantitative estimate of drug-likeness (QED) is 0.379. The monoisotopic (exact) mass is 462 g/mol. The van der Waals surface area contributed by atoms with E-state index in [2.05, 4.69) is 84.3 Å². The summed E-state index contributed by atoms with van der Waals surface area (Å²) in [6, 6.07) is 19.3. The van der Waals surface area contributed by atoms with Gasteiger partial charge in [0.1, 0.15) is 18.2 Å². The van der Waals surface area contributed by atoms with Crippen molar-refractivity contribution in [3.63, 3.8) is 0 Å². The van der Waals surface area contributed by atoms with Crippen LogP contribution in [0.1, 0.15) is 0 Å². The fourth-order valence-electron chi connectivity index (χ4n) is 5.26. The molecule has 35 heavy (non-hydrogen) atoms. The minimum atomic E-state index is 0.672. The maximum absolute atomic E-state index is 6.19. The Morgan fingerprint density at radius 2 is 1.51 bits per heavy atom. The van der Waals surface area contributed by atoms with E-state index in [-0.39, 0.29) is 0 Å². The van der Waals surface area contributed by atoms with E-state index >= 15 is 0 Å². The molecule has 174 valence electrons. The highest BCUT2D eigenvalue weighted by molar-refractivity contribution is 6.17. The van der Waals surface area contributed by atoms with Gasteiger partial charge in [-0.3, -0.25) is 9.88 Å². The summed E-state index contributed by atoms with van der Waals surface area (Å²) in [4.78, 5) is 20.4. The first-order valence-corrected chi connectivity index (χ1v) is 12.1. The van der Waals surface area contributed by atoms with Crippen molar-refractivity contribution in [1.29, 1.82) is 0 Å². The molecule has 7 heteroatoms. The van der Waals surface area contributed by atoms with E-state index in [1.807, 2.05) is 6.20 Å². The zero-order valence-electron chi connectivity index (χ0n) is 19.4. The van der Waals surface area contributed by atoms with Crippen molar-refractivity contribution < 1.29 is 4.74 Å². The Hall–Kier alpha value is -4.10. The number of aromatic amines is 2. The minimum absolute atomic E-state index is 0.672. The van der Waals surface area contributed by atoms with Gasteiger partial charge in [0.15, 0.2) is 0 Å². The molecular formula is C28H26N6O. The number of nitrogens with one attached hydrogen (secondary N) is 2. The van der Waals surface area contributed by atoms with E-state index < -0.39 is 0 Å². The van der Waals surface area contributed by atoms with Crippen LogP contribution in [0.4, 0.5) is 5.82 Å². The molecule has 3 aromatic carbocycles. The van der Waals surface area contributed by atoms with Crippen molar-refractivity contribution in [3.8, 4) is 5.75 Å². The van der Waals surface area contributed by atoms with Crippen molar-refractivity contribution in [1.82, 2.24) is 24.8 Å². The first-order valence-electron chi connectivity index (χ1n) is 12.1. The predicted molar refractivity (Wildman–Crippen MR) is 141 cm³/mol. The van der Waals surface area contributed by atoms with Crippen molar-refractivity contribution in [2.75, 3.05) is 44.2 Å². The number of benzene rings is 3. The Morgan fingerprint density at radius 3 is 2.34 bits per heavy atom.